The van der Waals surface area contributed by atoms with Crippen molar-refractivity contribution in [2.24, 2.45) is 0 Å². The smallest absolute Gasteiger partial charge is 0.127 e. The highest BCUT2D eigenvalue weighted by Gasteiger charge is 2.26. The maximum Gasteiger partial charge on any atom is 0.127 e. The molecule has 152 valence electrons. The van der Waals surface area contributed by atoms with Crippen LogP contribution in [0.2, 0.25) is 0 Å². The van der Waals surface area contributed by atoms with Gasteiger partial charge < -0.3 is 15.0 Å². The van der Waals surface area contributed by atoms with Gasteiger partial charge in [0, 0.05) is 41.6 Å². The second-order valence-corrected chi connectivity index (χ2v) is 9.02. The molecule has 1 fully saturated rings. The molecule has 4 rings (SSSR count). The number of ether oxygens (including phenoxy) is 1. The molecule has 2 N–H and O–H groups in total. The van der Waals surface area contributed by atoms with E-state index < -0.39 is 11.0 Å². The molecular weight excluding hydrogens is 382 g/mol. The van der Waals surface area contributed by atoms with E-state index in [1.807, 2.05) is 37.3 Å². The number of benzene rings is 2. The summed E-state index contributed by atoms with van der Waals surface area (Å²) in [6, 6.07) is 13.9. The van der Waals surface area contributed by atoms with Crippen LogP contribution in [0.5, 0.6) is 5.75 Å². The average Bonchev–Trinajstić information content (AvgIpc) is 3.16. The molecule has 0 saturated carbocycles. The second-order valence-electron chi connectivity index (χ2n) is 7.54. The Morgan fingerprint density at radius 2 is 1.93 bits per heavy atom. The van der Waals surface area contributed by atoms with Gasteiger partial charge in [0.25, 0.3) is 0 Å². The van der Waals surface area contributed by atoms with Crippen molar-refractivity contribution in [3.8, 4) is 5.75 Å². The number of aromatic nitrogens is 1. The van der Waals surface area contributed by atoms with Crippen LogP contribution in [0.15, 0.2) is 65.8 Å². The molecule has 0 bridgehead atoms. The molecule has 2 aromatic carbocycles. The van der Waals surface area contributed by atoms with Gasteiger partial charge in [-0.2, -0.15) is 0 Å². The third-order valence-electron chi connectivity index (χ3n) is 5.46. The van der Waals surface area contributed by atoms with Crippen LogP contribution < -0.4 is 10.1 Å². The van der Waals surface area contributed by atoms with Gasteiger partial charge in [-0.05, 0) is 73.7 Å². The molecule has 1 unspecified atom stereocenters. The second kappa shape index (κ2) is 8.43. The van der Waals surface area contributed by atoms with E-state index in [4.69, 9.17) is 4.74 Å². The van der Waals surface area contributed by atoms with Gasteiger partial charge in [-0.3, -0.25) is 0 Å². The predicted molar refractivity (Wildman–Crippen MR) is 120 cm³/mol. The summed E-state index contributed by atoms with van der Waals surface area (Å²) in [6.45, 7) is 7.40. The van der Waals surface area contributed by atoms with E-state index in [-0.39, 0.29) is 0 Å². The van der Waals surface area contributed by atoms with Crippen LogP contribution in [0, 0.1) is 0 Å². The molecule has 1 aromatic heterocycles. The summed E-state index contributed by atoms with van der Waals surface area (Å²) in [5.74, 6) is 1.34. The standard InChI is InChI=1S/C23H27N3O2S/c1-16(2)25-18-4-7-20(8-5-18)29(27)26-12-10-17(11-13-26)22-15-24-23-9-6-19(28-3)14-21(22)23/h4-9,14-15,17,24-25H,1,10-13H2,2-3H3. The molecule has 2 heterocycles. The fourth-order valence-electron chi connectivity index (χ4n) is 3.97. The van der Waals surface area contributed by atoms with Crippen LogP contribution in [0.3, 0.4) is 0 Å². The number of rotatable bonds is 6. The van der Waals surface area contributed by atoms with E-state index in [1.165, 1.54) is 10.9 Å². The normalized spacial score (nSPS) is 16.6. The number of aromatic amines is 1. The van der Waals surface area contributed by atoms with Crippen molar-refractivity contribution in [2.45, 2.75) is 30.6 Å². The fourth-order valence-corrected chi connectivity index (χ4v) is 5.18. The third kappa shape index (κ3) is 4.23. The molecule has 1 aliphatic heterocycles. The fraction of sp³-hybridized carbons (Fsp3) is 0.304. The first kappa shape index (κ1) is 19.7. The summed E-state index contributed by atoms with van der Waals surface area (Å²) < 4.78 is 20.5. The number of piperidine rings is 1. The van der Waals surface area contributed by atoms with Crippen molar-refractivity contribution in [2.75, 3.05) is 25.5 Å². The largest absolute Gasteiger partial charge is 0.497 e. The van der Waals surface area contributed by atoms with E-state index in [2.05, 4.69) is 39.5 Å². The van der Waals surface area contributed by atoms with Gasteiger partial charge in [0.15, 0.2) is 0 Å². The first-order valence-corrected chi connectivity index (χ1v) is 11.0. The molecule has 6 heteroatoms. The molecule has 1 atom stereocenters. The van der Waals surface area contributed by atoms with Crippen molar-refractivity contribution >= 4 is 27.6 Å². The lowest BCUT2D eigenvalue weighted by Gasteiger charge is -2.30. The van der Waals surface area contributed by atoms with Gasteiger partial charge in [-0.15, -0.1) is 0 Å². The molecule has 0 radical (unpaired) electrons. The maximum atomic E-state index is 13.0. The van der Waals surface area contributed by atoms with E-state index in [9.17, 15) is 4.21 Å². The number of allylic oxidation sites excluding steroid dienone is 1. The highest BCUT2D eigenvalue weighted by atomic mass is 32.2. The Balaban J connectivity index is 1.43. The first-order chi connectivity index (χ1) is 14.0. The molecule has 3 aromatic rings. The molecule has 0 amide bonds. The zero-order chi connectivity index (χ0) is 20.4. The van der Waals surface area contributed by atoms with Crippen LogP contribution in [-0.2, 0) is 11.0 Å². The zero-order valence-corrected chi connectivity index (χ0v) is 17.7. The SMILES string of the molecule is C=C(C)Nc1ccc(S(=O)N2CCC(c3c[nH]c4ccc(OC)cc34)CC2)cc1. The number of fused-ring (bicyclic) bond motifs is 1. The monoisotopic (exact) mass is 409 g/mol. The Morgan fingerprint density at radius 1 is 1.21 bits per heavy atom. The van der Waals surface area contributed by atoms with Crippen molar-refractivity contribution in [3.63, 3.8) is 0 Å². The number of hydrogen-bond acceptors (Lipinski definition) is 3. The molecule has 5 nitrogen and oxygen atoms in total. The predicted octanol–water partition coefficient (Wildman–Crippen LogP) is 5.02. The Hall–Kier alpha value is -2.57. The van der Waals surface area contributed by atoms with Crippen molar-refractivity contribution < 1.29 is 8.95 Å². The number of hydrogen-bond donors (Lipinski definition) is 2. The molecule has 1 saturated heterocycles. The summed E-state index contributed by atoms with van der Waals surface area (Å²) in [6.07, 6.45) is 4.10. The van der Waals surface area contributed by atoms with Gasteiger partial charge in [-0.1, -0.05) is 6.58 Å². The Kier molecular flexibility index (Phi) is 5.74. The summed E-state index contributed by atoms with van der Waals surface area (Å²) >= 11 is 0. The van der Waals surface area contributed by atoms with Crippen LogP contribution >= 0.6 is 0 Å². The number of nitrogens with one attached hydrogen (secondary N) is 2. The van der Waals surface area contributed by atoms with Gasteiger partial charge in [0.05, 0.1) is 12.0 Å². The van der Waals surface area contributed by atoms with Gasteiger partial charge in [0.1, 0.15) is 16.7 Å². The third-order valence-corrected chi connectivity index (χ3v) is 6.97. The molecule has 0 spiro atoms. The van der Waals surface area contributed by atoms with E-state index in [1.54, 1.807) is 7.11 Å². The minimum absolute atomic E-state index is 0.464. The zero-order valence-electron chi connectivity index (χ0n) is 16.9. The molecule has 0 aliphatic carbocycles. The Bertz CT molecular complexity index is 1030. The highest BCUT2D eigenvalue weighted by molar-refractivity contribution is 7.82. The van der Waals surface area contributed by atoms with Crippen LogP contribution in [0.25, 0.3) is 10.9 Å². The van der Waals surface area contributed by atoms with E-state index in [0.29, 0.717) is 5.92 Å². The maximum absolute atomic E-state index is 13.0. The molecule has 1 aliphatic rings. The lowest BCUT2D eigenvalue weighted by molar-refractivity contribution is 0.335. The van der Waals surface area contributed by atoms with Crippen molar-refractivity contribution in [1.29, 1.82) is 0 Å². The van der Waals surface area contributed by atoms with E-state index >= 15 is 0 Å². The summed E-state index contributed by atoms with van der Waals surface area (Å²) in [7, 11) is 0.567. The topological polar surface area (TPSA) is 57.4 Å². The number of H-pyrrole nitrogens is 1. The van der Waals surface area contributed by atoms with Gasteiger partial charge >= 0.3 is 0 Å². The number of nitrogens with zero attached hydrogens (tertiary/aromatic N) is 1. The summed E-state index contributed by atoms with van der Waals surface area (Å²) in [4.78, 5) is 4.21. The minimum atomic E-state index is -1.13. The number of methoxy groups -OCH3 is 1. The molecule has 29 heavy (non-hydrogen) atoms. The lowest BCUT2D eigenvalue weighted by atomic mass is 9.90. The van der Waals surface area contributed by atoms with Gasteiger partial charge in [0.2, 0.25) is 0 Å². The van der Waals surface area contributed by atoms with Crippen LogP contribution in [-0.4, -0.2) is 33.7 Å². The van der Waals surface area contributed by atoms with Gasteiger partial charge in [-0.25, -0.2) is 8.51 Å². The molecular formula is C23H27N3O2S. The lowest BCUT2D eigenvalue weighted by Crippen LogP contribution is -2.34. The number of anilines is 1. The summed E-state index contributed by atoms with van der Waals surface area (Å²) in [5.41, 5.74) is 4.32. The van der Waals surface area contributed by atoms with Crippen LogP contribution in [0.1, 0.15) is 31.2 Å². The first-order valence-electron chi connectivity index (χ1n) is 9.89. The van der Waals surface area contributed by atoms with E-state index in [0.717, 1.165) is 53.5 Å². The Morgan fingerprint density at radius 3 is 2.59 bits per heavy atom. The Labute approximate surface area is 174 Å². The average molecular weight is 410 g/mol. The highest BCUT2D eigenvalue weighted by Crippen LogP contribution is 2.35. The quantitative estimate of drug-likeness (QED) is 0.601. The minimum Gasteiger partial charge on any atom is -0.497 e. The van der Waals surface area contributed by atoms with Crippen molar-refractivity contribution in [1.82, 2.24) is 9.29 Å². The van der Waals surface area contributed by atoms with Crippen molar-refractivity contribution in [3.05, 3.63) is 66.5 Å². The summed E-state index contributed by atoms with van der Waals surface area (Å²) in [5, 5.41) is 4.40. The van der Waals surface area contributed by atoms with Crippen LogP contribution in [0.4, 0.5) is 5.69 Å².